The lowest BCUT2D eigenvalue weighted by Crippen LogP contribution is -2.39. The summed E-state index contributed by atoms with van der Waals surface area (Å²) >= 11 is 0. The van der Waals surface area contributed by atoms with E-state index in [0.717, 1.165) is 12.8 Å². The van der Waals surface area contributed by atoms with E-state index in [1.54, 1.807) is 16.8 Å². The summed E-state index contributed by atoms with van der Waals surface area (Å²) in [5, 5.41) is 14.1. The van der Waals surface area contributed by atoms with Crippen LogP contribution < -0.4 is 10.2 Å². The number of likely N-dealkylation sites (N-methyl/N-ethyl adjacent to an activating group) is 2. The van der Waals surface area contributed by atoms with Gasteiger partial charge in [0.15, 0.2) is 0 Å². The van der Waals surface area contributed by atoms with E-state index in [4.69, 9.17) is 0 Å². The van der Waals surface area contributed by atoms with Crippen molar-refractivity contribution in [1.29, 1.82) is 0 Å². The number of carbonyl (C=O) groups is 1. The van der Waals surface area contributed by atoms with E-state index in [1.807, 2.05) is 13.8 Å². The molecule has 1 heterocycles. The van der Waals surface area contributed by atoms with Crippen LogP contribution in [-0.2, 0) is 4.79 Å². The molecule has 2 rings (SSSR count). The highest BCUT2D eigenvalue weighted by molar-refractivity contribution is 5.80. The smallest absolute Gasteiger partial charge is 0.329 e. The summed E-state index contributed by atoms with van der Waals surface area (Å²) in [6, 6.07) is 0.235. The Bertz CT molecular complexity index is 586. The maximum Gasteiger partial charge on any atom is 0.329 e. The molecule has 0 bridgehead atoms. The fourth-order valence-corrected chi connectivity index (χ4v) is 2.16. The molecular weight excluding hydrogens is 300 g/mol. The first kappa shape index (κ1) is 16.9. The molecule has 0 radical (unpaired) electrons. The van der Waals surface area contributed by atoms with Crippen LogP contribution in [0.5, 0.6) is 0 Å². The molecule has 1 N–H and O–H groups in total. The molecule has 9 heteroatoms. The molecule has 1 aliphatic carbocycles. The second-order valence-corrected chi connectivity index (χ2v) is 5.50. The highest BCUT2D eigenvalue weighted by Gasteiger charge is 2.27. The summed E-state index contributed by atoms with van der Waals surface area (Å²) < 4.78 is 0. The molecule has 0 unspecified atom stereocenters. The molecule has 1 aliphatic rings. The molecule has 126 valence electrons. The standard InChI is InChI=1S/C14H22N6O3/c1-4-19(5-2)12(21)9-18(3)14-15-8-11(20(22)23)13(17-14)16-10-6-7-10/h8,10H,4-7,9H2,1-3H3,(H,15,16,17). The number of hydrogen-bond acceptors (Lipinski definition) is 7. The van der Waals surface area contributed by atoms with Crippen molar-refractivity contribution in [2.24, 2.45) is 0 Å². The van der Waals surface area contributed by atoms with Crippen LogP contribution in [0, 0.1) is 10.1 Å². The van der Waals surface area contributed by atoms with Crippen LogP contribution in [0.1, 0.15) is 26.7 Å². The maximum atomic E-state index is 12.1. The number of aromatic nitrogens is 2. The van der Waals surface area contributed by atoms with E-state index < -0.39 is 4.92 Å². The topological polar surface area (TPSA) is 104 Å². The average molecular weight is 322 g/mol. The Morgan fingerprint density at radius 2 is 2.09 bits per heavy atom. The minimum absolute atomic E-state index is 0.0313. The van der Waals surface area contributed by atoms with Crippen LogP contribution >= 0.6 is 0 Å². The van der Waals surface area contributed by atoms with E-state index in [1.165, 1.54) is 6.20 Å². The SMILES string of the molecule is CCN(CC)C(=O)CN(C)c1ncc([N+](=O)[O-])c(NC2CC2)n1. The number of carbonyl (C=O) groups excluding carboxylic acids is 1. The van der Waals surface area contributed by atoms with Crippen molar-refractivity contribution in [1.82, 2.24) is 14.9 Å². The number of hydrogen-bond donors (Lipinski definition) is 1. The zero-order valence-electron chi connectivity index (χ0n) is 13.7. The van der Waals surface area contributed by atoms with E-state index in [9.17, 15) is 14.9 Å². The fourth-order valence-electron chi connectivity index (χ4n) is 2.16. The summed E-state index contributed by atoms with van der Waals surface area (Å²) in [6.45, 7) is 5.24. The lowest BCUT2D eigenvalue weighted by atomic mass is 10.4. The second-order valence-electron chi connectivity index (χ2n) is 5.50. The van der Waals surface area contributed by atoms with Crippen LogP contribution in [-0.4, -0.2) is 58.4 Å². The molecule has 1 aromatic rings. The molecule has 0 saturated heterocycles. The molecule has 1 saturated carbocycles. The summed E-state index contributed by atoms with van der Waals surface area (Å²) in [5.41, 5.74) is -0.149. The molecule has 1 amide bonds. The van der Waals surface area contributed by atoms with E-state index >= 15 is 0 Å². The third-order valence-electron chi connectivity index (χ3n) is 3.70. The van der Waals surface area contributed by atoms with Gasteiger partial charge in [0.2, 0.25) is 17.7 Å². The van der Waals surface area contributed by atoms with Crippen molar-refractivity contribution in [3.05, 3.63) is 16.3 Å². The van der Waals surface area contributed by atoms with Crippen LogP contribution in [0.2, 0.25) is 0 Å². The lowest BCUT2D eigenvalue weighted by Gasteiger charge is -2.23. The molecule has 0 aromatic carbocycles. The third-order valence-corrected chi connectivity index (χ3v) is 3.70. The van der Waals surface area contributed by atoms with Crippen molar-refractivity contribution < 1.29 is 9.72 Å². The van der Waals surface area contributed by atoms with Gasteiger partial charge in [0.05, 0.1) is 11.5 Å². The molecule has 1 aromatic heterocycles. The normalized spacial score (nSPS) is 13.5. The van der Waals surface area contributed by atoms with Crippen LogP contribution in [0.3, 0.4) is 0 Å². The monoisotopic (exact) mass is 322 g/mol. The summed E-state index contributed by atoms with van der Waals surface area (Å²) in [4.78, 5) is 34.3. The summed E-state index contributed by atoms with van der Waals surface area (Å²) in [7, 11) is 1.70. The van der Waals surface area contributed by atoms with Crippen LogP contribution in [0.15, 0.2) is 6.20 Å². The minimum atomic E-state index is -0.504. The van der Waals surface area contributed by atoms with E-state index in [-0.39, 0.29) is 30.0 Å². The fraction of sp³-hybridized carbons (Fsp3) is 0.643. The zero-order valence-corrected chi connectivity index (χ0v) is 13.7. The van der Waals surface area contributed by atoms with Crippen molar-refractivity contribution in [3.8, 4) is 0 Å². The average Bonchev–Trinajstić information content (AvgIpc) is 3.32. The second kappa shape index (κ2) is 7.21. The van der Waals surface area contributed by atoms with Crippen molar-refractivity contribution in [2.75, 3.05) is 36.9 Å². The van der Waals surface area contributed by atoms with Gasteiger partial charge in [0, 0.05) is 26.2 Å². The van der Waals surface area contributed by atoms with E-state index in [2.05, 4.69) is 15.3 Å². The maximum absolute atomic E-state index is 12.1. The minimum Gasteiger partial charge on any atom is -0.361 e. The highest BCUT2D eigenvalue weighted by Crippen LogP contribution is 2.29. The van der Waals surface area contributed by atoms with Crippen LogP contribution in [0.4, 0.5) is 17.5 Å². The number of nitro groups is 1. The van der Waals surface area contributed by atoms with Gasteiger partial charge in [0.25, 0.3) is 0 Å². The molecule has 23 heavy (non-hydrogen) atoms. The Kier molecular flexibility index (Phi) is 5.30. The Labute approximate surface area is 134 Å². The van der Waals surface area contributed by atoms with Gasteiger partial charge in [-0.05, 0) is 26.7 Å². The molecule has 9 nitrogen and oxygen atoms in total. The molecule has 0 spiro atoms. The molecule has 1 fully saturated rings. The molecule has 0 aliphatic heterocycles. The largest absolute Gasteiger partial charge is 0.361 e. The predicted molar refractivity (Wildman–Crippen MR) is 86.5 cm³/mol. The predicted octanol–water partition coefficient (Wildman–Crippen LogP) is 1.26. The zero-order chi connectivity index (χ0) is 17.0. The Hall–Kier alpha value is -2.45. The number of nitrogens with zero attached hydrogens (tertiary/aromatic N) is 5. The van der Waals surface area contributed by atoms with Gasteiger partial charge >= 0.3 is 5.69 Å². The lowest BCUT2D eigenvalue weighted by molar-refractivity contribution is -0.384. The first-order valence-corrected chi connectivity index (χ1v) is 7.73. The Balaban J connectivity index is 2.14. The van der Waals surface area contributed by atoms with Crippen molar-refractivity contribution in [3.63, 3.8) is 0 Å². The van der Waals surface area contributed by atoms with Crippen molar-refractivity contribution >= 4 is 23.4 Å². The van der Waals surface area contributed by atoms with Crippen LogP contribution in [0.25, 0.3) is 0 Å². The van der Waals surface area contributed by atoms with Gasteiger partial charge in [-0.25, -0.2) is 4.98 Å². The number of nitrogens with one attached hydrogen (secondary N) is 1. The third kappa shape index (κ3) is 4.27. The quantitative estimate of drug-likeness (QED) is 0.567. The molecular formula is C14H22N6O3. The Morgan fingerprint density at radius 3 is 2.61 bits per heavy atom. The van der Waals surface area contributed by atoms with Gasteiger partial charge in [-0.15, -0.1) is 0 Å². The number of rotatable bonds is 8. The van der Waals surface area contributed by atoms with Gasteiger partial charge in [-0.3, -0.25) is 14.9 Å². The summed E-state index contributed by atoms with van der Waals surface area (Å²) in [6.07, 6.45) is 3.14. The summed E-state index contributed by atoms with van der Waals surface area (Å²) in [5.74, 6) is 0.472. The van der Waals surface area contributed by atoms with Gasteiger partial charge < -0.3 is 15.1 Å². The first-order valence-electron chi connectivity index (χ1n) is 7.73. The van der Waals surface area contributed by atoms with E-state index in [0.29, 0.717) is 19.0 Å². The Morgan fingerprint density at radius 1 is 1.43 bits per heavy atom. The number of amides is 1. The van der Waals surface area contributed by atoms with Gasteiger partial charge in [-0.1, -0.05) is 0 Å². The van der Waals surface area contributed by atoms with Gasteiger partial charge in [-0.2, -0.15) is 4.98 Å². The highest BCUT2D eigenvalue weighted by atomic mass is 16.6. The first-order chi connectivity index (χ1) is 11.0. The number of anilines is 2. The van der Waals surface area contributed by atoms with Crippen molar-refractivity contribution in [2.45, 2.75) is 32.7 Å². The molecule has 0 atom stereocenters. The van der Waals surface area contributed by atoms with Gasteiger partial charge in [0.1, 0.15) is 6.20 Å².